The van der Waals surface area contributed by atoms with Crippen LogP contribution in [0.3, 0.4) is 0 Å². The van der Waals surface area contributed by atoms with Crippen LogP contribution in [0.1, 0.15) is 20.2 Å². The third kappa shape index (κ3) is 3.52. The number of aromatic nitrogens is 1. The third-order valence-electron chi connectivity index (χ3n) is 3.42. The van der Waals surface area contributed by atoms with E-state index in [2.05, 4.69) is 22.0 Å². The molecule has 2 aromatic rings. The third-order valence-corrected chi connectivity index (χ3v) is 4.37. The minimum atomic E-state index is -0.938. The van der Waals surface area contributed by atoms with Gasteiger partial charge < -0.3 is 14.7 Å². The van der Waals surface area contributed by atoms with Crippen LogP contribution >= 0.6 is 11.3 Å². The molecule has 0 amide bonds. The van der Waals surface area contributed by atoms with E-state index in [0.717, 1.165) is 31.9 Å². The molecule has 0 saturated carbocycles. The average molecular weight is 316 g/mol. The molecule has 1 saturated heterocycles. The zero-order chi connectivity index (χ0) is 15.4. The maximum atomic E-state index is 10.8. The second-order valence-electron chi connectivity index (χ2n) is 4.89. The van der Waals surface area contributed by atoms with Gasteiger partial charge in [-0.3, -0.25) is 0 Å². The fourth-order valence-corrected chi connectivity index (χ4v) is 2.91. The Morgan fingerprint density at radius 1 is 1.23 bits per heavy atom. The summed E-state index contributed by atoms with van der Waals surface area (Å²) in [6.07, 6.45) is 5.16. The van der Waals surface area contributed by atoms with E-state index in [4.69, 9.17) is 9.84 Å². The molecule has 6 heteroatoms. The van der Waals surface area contributed by atoms with E-state index in [9.17, 15) is 4.79 Å². The van der Waals surface area contributed by atoms with E-state index in [1.807, 2.05) is 24.3 Å². The fourth-order valence-electron chi connectivity index (χ4n) is 2.25. The summed E-state index contributed by atoms with van der Waals surface area (Å²) in [7, 11) is 0. The van der Waals surface area contributed by atoms with Crippen LogP contribution in [0.15, 0.2) is 30.5 Å². The van der Waals surface area contributed by atoms with Crippen LogP contribution in [-0.4, -0.2) is 42.4 Å². The molecule has 3 rings (SSSR count). The van der Waals surface area contributed by atoms with Gasteiger partial charge in [0, 0.05) is 18.8 Å². The number of carbonyl (C=O) groups is 1. The first-order chi connectivity index (χ1) is 10.7. The molecule has 1 aliphatic heterocycles. The molecular weight excluding hydrogens is 300 g/mol. The summed E-state index contributed by atoms with van der Waals surface area (Å²) in [5, 5.41) is 9.56. The Bertz CT molecular complexity index is 673. The summed E-state index contributed by atoms with van der Waals surface area (Å²) < 4.78 is 5.35. The van der Waals surface area contributed by atoms with Gasteiger partial charge in [0.2, 0.25) is 0 Å². The molecule has 1 fully saturated rings. The maximum Gasteiger partial charge on any atom is 0.347 e. The molecular formula is C16H16N2O3S. The van der Waals surface area contributed by atoms with Crippen molar-refractivity contribution < 1.29 is 14.6 Å². The smallest absolute Gasteiger partial charge is 0.347 e. The summed E-state index contributed by atoms with van der Waals surface area (Å²) >= 11 is 1.17. The highest BCUT2D eigenvalue weighted by Crippen LogP contribution is 2.19. The summed E-state index contributed by atoms with van der Waals surface area (Å²) in [5.74, 6) is -0.938. The molecule has 0 spiro atoms. The molecule has 0 radical (unpaired) electrons. The van der Waals surface area contributed by atoms with Crippen molar-refractivity contribution in [3.05, 3.63) is 45.9 Å². The van der Waals surface area contributed by atoms with Gasteiger partial charge >= 0.3 is 5.97 Å². The van der Waals surface area contributed by atoms with E-state index in [-0.39, 0.29) is 4.88 Å². The van der Waals surface area contributed by atoms with Gasteiger partial charge in [-0.1, -0.05) is 18.2 Å². The lowest BCUT2D eigenvalue weighted by molar-refractivity contribution is 0.0702. The monoisotopic (exact) mass is 316 g/mol. The van der Waals surface area contributed by atoms with E-state index < -0.39 is 5.97 Å². The summed E-state index contributed by atoms with van der Waals surface area (Å²) in [6, 6.07) is 8.28. The van der Waals surface area contributed by atoms with Gasteiger partial charge in [0.15, 0.2) is 0 Å². The number of hydrogen-bond donors (Lipinski definition) is 1. The highest BCUT2D eigenvalue weighted by Gasteiger charge is 2.10. The zero-order valence-electron chi connectivity index (χ0n) is 11.9. The Hall–Kier alpha value is -2.18. The average Bonchev–Trinajstić information content (AvgIpc) is 3.04. The van der Waals surface area contributed by atoms with Crippen LogP contribution in [0.4, 0.5) is 5.69 Å². The lowest BCUT2D eigenvalue weighted by atomic mass is 10.2. The van der Waals surface area contributed by atoms with Gasteiger partial charge in [0.25, 0.3) is 0 Å². The van der Waals surface area contributed by atoms with Crippen molar-refractivity contribution in [2.75, 3.05) is 31.2 Å². The predicted octanol–water partition coefficient (Wildman–Crippen LogP) is 2.85. The van der Waals surface area contributed by atoms with Gasteiger partial charge in [-0.15, -0.1) is 11.3 Å². The molecule has 1 N–H and O–H groups in total. The number of hydrogen-bond acceptors (Lipinski definition) is 5. The van der Waals surface area contributed by atoms with Gasteiger partial charge in [0.1, 0.15) is 9.88 Å². The number of morpholine rings is 1. The van der Waals surface area contributed by atoms with Crippen LogP contribution < -0.4 is 4.90 Å². The van der Waals surface area contributed by atoms with Gasteiger partial charge in [0.05, 0.1) is 19.4 Å². The minimum absolute atomic E-state index is 0.252. The maximum absolute atomic E-state index is 10.8. The standard InChI is InChI=1S/C16H16N2O3S/c19-16(20)14-11-17-15(22-14)6-3-12-1-4-13(5-2-12)18-7-9-21-10-8-18/h1-6,11H,7-10H2,(H,19,20). The highest BCUT2D eigenvalue weighted by molar-refractivity contribution is 7.14. The molecule has 2 heterocycles. The number of nitrogens with zero attached hydrogens (tertiary/aromatic N) is 2. The molecule has 0 unspecified atom stereocenters. The second kappa shape index (κ2) is 6.72. The number of benzene rings is 1. The molecule has 1 aromatic carbocycles. The normalized spacial score (nSPS) is 15.4. The lowest BCUT2D eigenvalue weighted by Crippen LogP contribution is -2.36. The number of anilines is 1. The Labute approximate surface area is 132 Å². The van der Waals surface area contributed by atoms with Crippen molar-refractivity contribution in [1.82, 2.24) is 4.98 Å². The largest absolute Gasteiger partial charge is 0.477 e. The summed E-state index contributed by atoms with van der Waals surface area (Å²) in [6.45, 7) is 3.40. The molecule has 0 atom stereocenters. The molecule has 1 aliphatic rings. The molecule has 5 nitrogen and oxygen atoms in total. The SMILES string of the molecule is O=C(O)c1cnc(C=Cc2ccc(N3CCOCC3)cc2)s1. The van der Waals surface area contributed by atoms with Crippen molar-refractivity contribution in [1.29, 1.82) is 0 Å². The minimum Gasteiger partial charge on any atom is -0.477 e. The fraction of sp³-hybridized carbons (Fsp3) is 0.250. The van der Waals surface area contributed by atoms with Crippen LogP contribution in [-0.2, 0) is 4.74 Å². The first kappa shape index (κ1) is 14.7. The lowest BCUT2D eigenvalue weighted by Gasteiger charge is -2.28. The Kier molecular flexibility index (Phi) is 4.50. The topological polar surface area (TPSA) is 62.7 Å². The van der Waals surface area contributed by atoms with Crippen LogP contribution in [0.25, 0.3) is 12.2 Å². The zero-order valence-corrected chi connectivity index (χ0v) is 12.8. The van der Waals surface area contributed by atoms with E-state index in [1.165, 1.54) is 23.2 Å². The number of aromatic carboxylic acids is 1. The van der Waals surface area contributed by atoms with Crippen LogP contribution in [0.2, 0.25) is 0 Å². The number of ether oxygens (including phenoxy) is 1. The Morgan fingerprint density at radius 3 is 2.59 bits per heavy atom. The van der Waals surface area contributed by atoms with Crippen molar-refractivity contribution in [2.24, 2.45) is 0 Å². The quantitative estimate of drug-likeness (QED) is 0.940. The molecule has 114 valence electrons. The van der Waals surface area contributed by atoms with Crippen molar-refractivity contribution in [3.63, 3.8) is 0 Å². The second-order valence-corrected chi connectivity index (χ2v) is 5.95. The van der Waals surface area contributed by atoms with Crippen LogP contribution in [0, 0.1) is 0 Å². The Balaban J connectivity index is 1.67. The highest BCUT2D eigenvalue weighted by atomic mass is 32.1. The first-order valence-corrected chi connectivity index (χ1v) is 7.84. The number of carboxylic acids is 1. The van der Waals surface area contributed by atoms with Crippen molar-refractivity contribution in [3.8, 4) is 0 Å². The van der Waals surface area contributed by atoms with Crippen molar-refractivity contribution in [2.45, 2.75) is 0 Å². The summed E-state index contributed by atoms with van der Waals surface area (Å²) in [5.41, 5.74) is 2.26. The summed E-state index contributed by atoms with van der Waals surface area (Å²) in [4.78, 5) is 17.4. The van der Waals surface area contributed by atoms with Gasteiger partial charge in [-0.2, -0.15) is 0 Å². The number of carboxylic acid groups (broad SMARTS) is 1. The molecule has 0 bridgehead atoms. The molecule has 22 heavy (non-hydrogen) atoms. The Morgan fingerprint density at radius 2 is 1.95 bits per heavy atom. The van der Waals surface area contributed by atoms with E-state index in [1.54, 1.807) is 0 Å². The first-order valence-electron chi connectivity index (χ1n) is 7.02. The predicted molar refractivity (Wildman–Crippen MR) is 87.5 cm³/mol. The van der Waals surface area contributed by atoms with E-state index >= 15 is 0 Å². The van der Waals surface area contributed by atoms with E-state index in [0.29, 0.717) is 5.01 Å². The van der Waals surface area contributed by atoms with Gasteiger partial charge in [-0.05, 0) is 23.8 Å². The van der Waals surface area contributed by atoms with Gasteiger partial charge in [-0.25, -0.2) is 9.78 Å². The molecule has 1 aromatic heterocycles. The number of thiazole rings is 1. The van der Waals surface area contributed by atoms with Crippen LogP contribution in [0.5, 0.6) is 0 Å². The molecule has 0 aliphatic carbocycles. The van der Waals surface area contributed by atoms with Crippen molar-refractivity contribution >= 4 is 35.1 Å². The number of rotatable bonds is 4.